The summed E-state index contributed by atoms with van der Waals surface area (Å²) in [5.41, 5.74) is 10.2. The molecule has 1 aliphatic rings. The largest absolute Gasteiger partial charge is 0.332 e. The molecule has 1 nitrogen and oxygen atoms in total. The Kier molecular flexibility index (Phi) is 11.7. The van der Waals surface area contributed by atoms with Crippen LogP contribution in [0.4, 0.5) is 0 Å². The van der Waals surface area contributed by atoms with Crippen LogP contribution in [0.1, 0.15) is 55.5 Å². The first kappa shape index (κ1) is 32.5. The summed E-state index contributed by atoms with van der Waals surface area (Å²) < 4.78 is 0. The van der Waals surface area contributed by atoms with Gasteiger partial charge in [-0.3, -0.25) is 0 Å². The van der Waals surface area contributed by atoms with Crippen LogP contribution in [0, 0.1) is 0 Å². The molecule has 0 saturated heterocycles. The average molecular weight is 590 g/mol. The second kappa shape index (κ2) is 14.8. The van der Waals surface area contributed by atoms with Crippen molar-refractivity contribution >= 4 is 26.5 Å². The maximum atomic E-state index is 3.97. The Labute approximate surface area is 264 Å². The van der Waals surface area contributed by atoms with E-state index in [1.165, 1.54) is 39.0 Å². The first-order valence-electron chi connectivity index (χ1n) is 14.2. The van der Waals surface area contributed by atoms with E-state index in [9.17, 15) is 0 Å². The van der Waals surface area contributed by atoms with Gasteiger partial charge in [0.05, 0.1) is 0 Å². The van der Waals surface area contributed by atoms with Crippen LogP contribution in [0.25, 0.3) is 29.4 Å². The SMILES string of the molecule is C(/C=C/c1ccccc1)=C\c1ccccc1.CC1=Cc2c(-c3ccccc3)cccc2C1[Si](C)(C)NC(C)(C)C.[Ti]. The van der Waals surface area contributed by atoms with Crippen LogP contribution < -0.4 is 4.98 Å². The van der Waals surface area contributed by atoms with Gasteiger partial charge >= 0.3 is 0 Å². The van der Waals surface area contributed by atoms with E-state index in [4.69, 9.17) is 0 Å². The Balaban J connectivity index is 0.000000238. The first-order chi connectivity index (χ1) is 19.1. The van der Waals surface area contributed by atoms with E-state index in [2.05, 4.69) is 149 Å². The fraction of sp³-hybridized carbons (Fsp3) is 0.211. The molecular formula is C38H43NSiTi. The van der Waals surface area contributed by atoms with Crippen LogP contribution in [-0.2, 0) is 21.7 Å². The molecule has 0 saturated carbocycles. The van der Waals surface area contributed by atoms with Crippen LogP contribution in [0.15, 0.2) is 127 Å². The second-order valence-corrected chi connectivity index (χ2v) is 16.4. The zero-order valence-electron chi connectivity index (χ0n) is 25.4. The normalized spacial score (nSPS) is 14.7. The molecule has 3 heteroatoms. The van der Waals surface area contributed by atoms with Gasteiger partial charge in [0.1, 0.15) is 8.24 Å². The summed E-state index contributed by atoms with van der Waals surface area (Å²) in [5, 5.41) is 0. The number of benzene rings is 4. The molecule has 4 aromatic rings. The monoisotopic (exact) mass is 589 g/mol. The second-order valence-electron chi connectivity index (χ2n) is 12.1. The summed E-state index contributed by atoms with van der Waals surface area (Å²) in [5.74, 6) is 0. The van der Waals surface area contributed by atoms with Gasteiger partial charge in [-0.1, -0.05) is 158 Å². The molecule has 41 heavy (non-hydrogen) atoms. The van der Waals surface area contributed by atoms with Crippen molar-refractivity contribution in [3.63, 3.8) is 0 Å². The molecule has 0 aromatic heterocycles. The number of nitrogens with one attached hydrogen (secondary N) is 1. The third kappa shape index (κ3) is 9.25. The summed E-state index contributed by atoms with van der Waals surface area (Å²) in [4.78, 5) is 3.97. The summed E-state index contributed by atoms with van der Waals surface area (Å²) in [6.07, 6.45) is 10.7. The van der Waals surface area contributed by atoms with E-state index in [0.717, 1.165) is 0 Å². The van der Waals surface area contributed by atoms with Crippen molar-refractivity contribution in [1.82, 2.24) is 4.98 Å². The molecule has 0 heterocycles. The minimum Gasteiger partial charge on any atom is -0.332 e. The van der Waals surface area contributed by atoms with Gasteiger partial charge in [-0.2, -0.15) is 0 Å². The molecule has 0 spiro atoms. The standard InChI is InChI=1S/C22H29NSi.C16H14.Ti/c1-16-15-20-18(17-11-8-7-9-12-17)13-10-14-19(20)21(16)24(5,6)23-22(2,3)4;1-3-9-15(10-4-1)13-7-8-14-16-11-5-2-6-12-16;/h7-15,21,23H,1-6H3;1-14H;/b;13-7+,14-8+;. The number of hydrogen-bond acceptors (Lipinski definition) is 1. The molecule has 0 aliphatic heterocycles. The van der Waals surface area contributed by atoms with E-state index >= 15 is 0 Å². The van der Waals surface area contributed by atoms with Gasteiger partial charge in [-0.05, 0) is 61.1 Å². The molecule has 5 rings (SSSR count). The molecule has 1 atom stereocenters. The number of allylic oxidation sites excluding steroid dienone is 3. The molecule has 1 unspecified atom stereocenters. The smallest absolute Gasteiger partial charge is 0.131 e. The number of hydrogen-bond donors (Lipinski definition) is 1. The Morgan fingerprint density at radius 3 is 1.63 bits per heavy atom. The van der Waals surface area contributed by atoms with Gasteiger partial charge < -0.3 is 4.98 Å². The molecule has 208 valence electrons. The van der Waals surface area contributed by atoms with Crippen molar-refractivity contribution in [2.75, 3.05) is 0 Å². The Bertz CT molecular complexity index is 1420. The maximum Gasteiger partial charge on any atom is 0.131 e. The first-order valence-corrected chi connectivity index (χ1v) is 17.3. The summed E-state index contributed by atoms with van der Waals surface area (Å²) in [6, 6.07) is 38.1. The van der Waals surface area contributed by atoms with Crippen molar-refractivity contribution in [2.45, 2.75) is 51.9 Å². The van der Waals surface area contributed by atoms with E-state index < -0.39 is 8.24 Å². The van der Waals surface area contributed by atoms with Gasteiger partial charge in [0.2, 0.25) is 0 Å². The van der Waals surface area contributed by atoms with Crippen molar-refractivity contribution in [1.29, 1.82) is 0 Å². The third-order valence-corrected chi connectivity index (χ3v) is 10.7. The minimum absolute atomic E-state index is 0. The summed E-state index contributed by atoms with van der Waals surface area (Å²) >= 11 is 0. The predicted molar refractivity (Wildman–Crippen MR) is 180 cm³/mol. The average Bonchev–Trinajstić information content (AvgIpc) is 3.29. The van der Waals surface area contributed by atoms with Crippen molar-refractivity contribution < 1.29 is 21.7 Å². The molecule has 4 aromatic carbocycles. The topological polar surface area (TPSA) is 12.0 Å². The van der Waals surface area contributed by atoms with E-state index in [1.54, 1.807) is 0 Å². The van der Waals surface area contributed by atoms with Crippen LogP contribution >= 0.6 is 0 Å². The molecule has 0 bridgehead atoms. The molecule has 0 amide bonds. The van der Waals surface area contributed by atoms with Crippen molar-refractivity contribution in [3.05, 3.63) is 149 Å². The maximum absolute atomic E-state index is 3.97. The zero-order valence-corrected chi connectivity index (χ0v) is 27.9. The fourth-order valence-corrected chi connectivity index (χ4v) is 10.2. The van der Waals surface area contributed by atoms with Crippen LogP contribution in [0.5, 0.6) is 0 Å². The van der Waals surface area contributed by atoms with Crippen molar-refractivity contribution in [3.8, 4) is 11.1 Å². The Morgan fingerprint density at radius 2 is 1.15 bits per heavy atom. The van der Waals surface area contributed by atoms with Gasteiger partial charge in [0.25, 0.3) is 0 Å². The summed E-state index contributed by atoms with van der Waals surface area (Å²) in [6.45, 7) is 14.1. The Morgan fingerprint density at radius 1 is 0.659 bits per heavy atom. The molecule has 1 aliphatic carbocycles. The van der Waals surface area contributed by atoms with Gasteiger partial charge in [0, 0.05) is 32.8 Å². The molecule has 0 radical (unpaired) electrons. The molecule has 1 N–H and O–H groups in total. The van der Waals surface area contributed by atoms with Crippen LogP contribution in [-0.4, -0.2) is 13.8 Å². The summed E-state index contributed by atoms with van der Waals surface area (Å²) in [7, 11) is -1.66. The molecular weight excluding hydrogens is 546 g/mol. The quantitative estimate of drug-likeness (QED) is 0.174. The number of fused-ring (bicyclic) bond motifs is 1. The van der Waals surface area contributed by atoms with Gasteiger partial charge in [-0.15, -0.1) is 0 Å². The van der Waals surface area contributed by atoms with Gasteiger partial charge in [-0.25, -0.2) is 0 Å². The minimum atomic E-state index is -1.66. The molecule has 0 fully saturated rings. The zero-order chi connectivity index (χ0) is 28.6. The van der Waals surface area contributed by atoms with Crippen molar-refractivity contribution in [2.24, 2.45) is 0 Å². The number of rotatable bonds is 6. The Hall–Kier alpha value is -3.01. The van der Waals surface area contributed by atoms with Crippen LogP contribution in [0.2, 0.25) is 13.1 Å². The predicted octanol–water partition coefficient (Wildman–Crippen LogP) is 10.4. The van der Waals surface area contributed by atoms with Gasteiger partial charge in [0.15, 0.2) is 0 Å². The van der Waals surface area contributed by atoms with E-state index in [-0.39, 0.29) is 27.3 Å². The fourth-order valence-electron chi connectivity index (χ4n) is 5.88. The van der Waals surface area contributed by atoms with E-state index in [1.807, 2.05) is 36.4 Å². The van der Waals surface area contributed by atoms with E-state index in [0.29, 0.717) is 5.54 Å². The van der Waals surface area contributed by atoms with Crippen LogP contribution in [0.3, 0.4) is 0 Å². The third-order valence-electron chi connectivity index (χ3n) is 7.07.